The molecule has 0 fully saturated rings. The van der Waals surface area contributed by atoms with Crippen LogP contribution in [-0.4, -0.2) is 26.2 Å². The van der Waals surface area contributed by atoms with Gasteiger partial charge in [0.15, 0.2) is 5.92 Å². The molecule has 0 spiro atoms. The van der Waals surface area contributed by atoms with E-state index in [2.05, 4.69) is 9.47 Å². The van der Waals surface area contributed by atoms with Crippen LogP contribution in [0.4, 0.5) is 0 Å². The van der Waals surface area contributed by atoms with Crippen molar-refractivity contribution < 1.29 is 19.1 Å². The van der Waals surface area contributed by atoms with E-state index in [9.17, 15) is 9.59 Å². The van der Waals surface area contributed by atoms with Crippen LogP contribution in [0.15, 0.2) is 12.2 Å². The van der Waals surface area contributed by atoms with Crippen LogP contribution in [0, 0.1) is 18.3 Å². The lowest BCUT2D eigenvalue weighted by molar-refractivity contribution is -0.161. The van der Waals surface area contributed by atoms with E-state index in [0.717, 1.165) is 12.8 Å². The van der Waals surface area contributed by atoms with Crippen molar-refractivity contribution in [3.8, 4) is 0 Å². The van der Waals surface area contributed by atoms with Crippen LogP contribution in [0.2, 0.25) is 0 Å². The van der Waals surface area contributed by atoms with E-state index in [-0.39, 0.29) is 5.92 Å². The number of carbonyl (C=O) groups excluding carboxylic acids is 2. The average molecular weight is 211 g/mol. The van der Waals surface area contributed by atoms with Gasteiger partial charge in [0.2, 0.25) is 0 Å². The summed E-state index contributed by atoms with van der Waals surface area (Å²) in [6, 6.07) is 0. The molecule has 1 atom stereocenters. The molecule has 1 aliphatic carbocycles. The Morgan fingerprint density at radius 2 is 1.87 bits per heavy atom. The molecule has 1 rings (SSSR count). The Labute approximate surface area is 89.2 Å². The SMILES string of the molecule is COC(=O)C(C(=O)OC)C1[CH]C=CCC1. The first-order chi connectivity index (χ1) is 7.20. The Hall–Kier alpha value is -1.32. The molecule has 0 amide bonds. The predicted octanol–water partition coefficient (Wildman–Crippen LogP) is 1.12. The lowest BCUT2D eigenvalue weighted by Crippen LogP contribution is -2.34. The Morgan fingerprint density at radius 1 is 1.27 bits per heavy atom. The molecule has 0 aliphatic heterocycles. The highest BCUT2D eigenvalue weighted by Crippen LogP contribution is 2.27. The largest absolute Gasteiger partial charge is 0.468 e. The predicted molar refractivity (Wildman–Crippen MR) is 53.7 cm³/mol. The smallest absolute Gasteiger partial charge is 0.320 e. The van der Waals surface area contributed by atoms with Gasteiger partial charge >= 0.3 is 11.9 Å². The standard InChI is InChI=1S/C11H15O4/c1-14-10(12)9(11(13)15-2)8-6-4-3-5-7-8/h3-4,6,8-9H,5,7H2,1-2H3. The molecule has 0 heterocycles. The zero-order valence-corrected chi connectivity index (χ0v) is 8.93. The Bertz CT molecular complexity index is 254. The third-order valence-electron chi connectivity index (χ3n) is 2.50. The van der Waals surface area contributed by atoms with Gasteiger partial charge in [-0.15, -0.1) is 0 Å². The molecule has 0 N–H and O–H groups in total. The number of hydrogen-bond donors (Lipinski definition) is 0. The summed E-state index contributed by atoms with van der Waals surface area (Å²) in [6.45, 7) is 0. The molecule has 1 aliphatic rings. The maximum Gasteiger partial charge on any atom is 0.320 e. The van der Waals surface area contributed by atoms with E-state index in [1.54, 1.807) is 0 Å². The minimum Gasteiger partial charge on any atom is -0.468 e. The van der Waals surface area contributed by atoms with Gasteiger partial charge in [0.1, 0.15) is 0 Å². The molecule has 0 aromatic heterocycles. The van der Waals surface area contributed by atoms with Crippen molar-refractivity contribution in [2.24, 2.45) is 11.8 Å². The molecule has 4 nitrogen and oxygen atoms in total. The molecule has 1 unspecified atom stereocenters. The zero-order chi connectivity index (χ0) is 11.3. The van der Waals surface area contributed by atoms with Crippen LogP contribution in [0.3, 0.4) is 0 Å². The Morgan fingerprint density at radius 3 is 2.27 bits per heavy atom. The maximum atomic E-state index is 11.4. The quantitative estimate of drug-likeness (QED) is 0.518. The summed E-state index contributed by atoms with van der Waals surface area (Å²) < 4.78 is 9.21. The van der Waals surface area contributed by atoms with Gasteiger partial charge < -0.3 is 9.47 Å². The highest BCUT2D eigenvalue weighted by Gasteiger charge is 2.36. The van der Waals surface area contributed by atoms with Gasteiger partial charge in [0.25, 0.3) is 0 Å². The number of hydrogen-bond acceptors (Lipinski definition) is 4. The minimum absolute atomic E-state index is 0.116. The molecule has 0 saturated heterocycles. The molecule has 0 aromatic rings. The summed E-state index contributed by atoms with van der Waals surface area (Å²) in [4.78, 5) is 22.9. The number of methoxy groups -OCH3 is 2. The highest BCUT2D eigenvalue weighted by molar-refractivity contribution is 5.95. The van der Waals surface area contributed by atoms with Crippen LogP contribution in [-0.2, 0) is 19.1 Å². The maximum absolute atomic E-state index is 11.4. The third-order valence-corrected chi connectivity index (χ3v) is 2.50. The number of allylic oxidation sites excluding steroid dienone is 2. The summed E-state index contributed by atoms with van der Waals surface area (Å²) in [7, 11) is 2.55. The number of esters is 2. The molecule has 1 radical (unpaired) electrons. The van der Waals surface area contributed by atoms with E-state index in [4.69, 9.17) is 0 Å². The van der Waals surface area contributed by atoms with Gasteiger partial charge in [-0.1, -0.05) is 12.2 Å². The van der Waals surface area contributed by atoms with Crippen molar-refractivity contribution in [1.82, 2.24) is 0 Å². The summed E-state index contributed by atoms with van der Waals surface area (Å²) in [5.74, 6) is -2.00. The van der Waals surface area contributed by atoms with E-state index in [0.29, 0.717) is 0 Å². The lowest BCUT2D eigenvalue weighted by atomic mass is 9.83. The minimum atomic E-state index is -0.829. The molecule has 0 aromatic carbocycles. The average Bonchev–Trinajstić information content (AvgIpc) is 2.30. The summed E-state index contributed by atoms with van der Waals surface area (Å²) in [6.07, 6.45) is 7.36. The van der Waals surface area contributed by atoms with Crippen molar-refractivity contribution in [2.45, 2.75) is 12.8 Å². The van der Waals surface area contributed by atoms with Gasteiger partial charge in [-0.2, -0.15) is 0 Å². The highest BCUT2D eigenvalue weighted by atomic mass is 16.5. The van der Waals surface area contributed by atoms with Crippen LogP contribution >= 0.6 is 0 Å². The molecule has 4 heteroatoms. The fourth-order valence-corrected chi connectivity index (χ4v) is 1.68. The first-order valence-electron chi connectivity index (χ1n) is 4.86. The first-order valence-corrected chi connectivity index (χ1v) is 4.86. The Balaban J connectivity index is 2.75. The van der Waals surface area contributed by atoms with E-state index >= 15 is 0 Å². The molecular formula is C11H15O4. The molecular weight excluding hydrogens is 196 g/mol. The second kappa shape index (κ2) is 5.53. The van der Waals surface area contributed by atoms with Crippen molar-refractivity contribution in [3.05, 3.63) is 18.6 Å². The van der Waals surface area contributed by atoms with E-state index < -0.39 is 17.9 Å². The van der Waals surface area contributed by atoms with Gasteiger partial charge in [0.05, 0.1) is 14.2 Å². The fourth-order valence-electron chi connectivity index (χ4n) is 1.68. The van der Waals surface area contributed by atoms with Crippen molar-refractivity contribution in [2.75, 3.05) is 14.2 Å². The van der Waals surface area contributed by atoms with Crippen molar-refractivity contribution >= 4 is 11.9 Å². The molecule has 83 valence electrons. The Kier molecular flexibility index (Phi) is 4.34. The topological polar surface area (TPSA) is 52.6 Å². The summed E-state index contributed by atoms with van der Waals surface area (Å²) >= 11 is 0. The second-order valence-corrected chi connectivity index (χ2v) is 3.39. The van der Waals surface area contributed by atoms with Crippen LogP contribution in [0.25, 0.3) is 0 Å². The molecule has 0 saturated carbocycles. The normalized spacial score (nSPS) is 20.1. The van der Waals surface area contributed by atoms with E-state index in [1.165, 1.54) is 14.2 Å². The summed E-state index contributed by atoms with van der Waals surface area (Å²) in [5, 5.41) is 0. The monoisotopic (exact) mass is 211 g/mol. The van der Waals surface area contributed by atoms with Crippen LogP contribution in [0.5, 0.6) is 0 Å². The fraction of sp³-hybridized carbons (Fsp3) is 0.545. The van der Waals surface area contributed by atoms with Crippen LogP contribution in [0.1, 0.15) is 12.8 Å². The first kappa shape index (κ1) is 11.8. The van der Waals surface area contributed by atoms with Crippen molar-refractivity contribution in [1.29, 1.82) is 0 Å². The molecule has 15 heavy (non-hydrogen) atoms. The van der Waals surface area contributed by atoms with Gasteiger partial charge in [-0.05, 0) is 25.2 Å². The third kappa shape index (κ3) is 2.81. The molecule has 0 bridgehead atoms. The summed E-state index contributed by atoms with van der Waals surface area (Å²) in [5.41, 5.74) is 0. The number of rotatable bonds is 3. The van der Waals surface area contributed by atoms with Gasteiger partial charge in [-0.3, -0.25) is 9.59 Å². The van der Waals surface area contributed by atoms with Crippen molar-refractivity contribution in [3.63, 3.8) is 0 Å². The second-order valence-electron chi connectivity index (χ2n) is 3.39. The number of carbonyl (C=O) groups is 2. The zero-order valence-electron chi connectivity index (χ0n) is 8.93. The lowest BCUT2D eigenvalue weighted by Gasteiger charge is -2.23. The van der Waals surface area contributed by atoms with Crippen LogP contribution < -0.4 is 0 Å². The van der Waals surface area contributed by atoms with E-state index in [1.807, 2.05) is 18.6 Å². The van der Waals surface area contributed by atoms with Gasteiger partial charge in [0, 0.05) is 0 Å². The number of ether oxygens (including phenoxy) is 2. The van der Waals surface area contributed by atoms with Gasteiger partial charge in [-0.25, -0.2) is 0 Å².